The van der Waals surface area contributed by atoms with Gasteiger partial charge in [-0.2, -0.15) is 0 Å². The molecule has 0 atom stereocenters. The van der Waals surface area contributed by atoms with Crippen LogP contribution in [0, 0.1) is 6.92 Å². The molecule has 87 valence electrons. The van der Waals surface area contributed by atoms with Crippen molar-refractivity contribution in [1.29, 1.82) is 0 Å². The number of hydrogen-bond donors (Lipinski definition) is 0. The SMILES string of the molecule is [CH2]CCCCc1ccccc1-c1ccccc1. The van der Waals surface area contributed by atoms with Gasteiger partial charge in [-0.3, -0.25) is 0 Å². The topological polar surface area (TPSA) is 0 Å². The van der Waals surface area contributed by atoms with Gasteiger partial charge in [-0.1, -0.05) is 74.4 Å². The van der Waals surface area contributed by atoms with Crippen LogP contribution in [0.4, 0.5) is 0 Å². The summed E-state index contributed by atoms with van der Waals surface area (Å²) in [6.07, 6.45) is 4.63. The summed E-state index contributed by atoms with van der Waals surface area (Å²) in [6, 6.07) is 19.3. The van der Waals surface area contributed by atoms with Gasteiger partial charge in [0.15, 0.2) is 0 Å². The maximum absolute atomic E-state index is 3.90. The summed E-state index contributed by atoms with van der Waals surface area (Å²) in [6.45, 7) is 3.90. The highest BCUT2D eigenvalue weighted by Crippen LogP contribution is 2.24. The van der Waals surface area contributed by atoms with Gasteiger partial charge in [-0.25, -0.2) is 0 Å². The number of hydrogen-bond acceptors (Lipinski definition) is 0. The van der Waals surface area contributed by atoms with Crippen molar-refractivity contribution in [2.45, 2.75) is 25.7 Å². The van der Waals surface area contributed by atoms with Crippen molar-refractivity contribution < 1.29 is 0 Å². The molecule has 0 unspecified atom stereocenters. The fourth-order valence-electron chi connectivity index (χ4n) is 2.13. The van der Waals surface area contributed by atoms with Crippen molar-refractivity contribution >= 4 is 0 Å². The quantitative estimate of drug-likeness (QED) is 0.632. The summed E-state index contributed by atoms with van der Waals surface area (Å²) < 4.78 is 0. The highest BCUT2D eigenvalue weighted by atomic mass is 14.1. The Kier molecular flexibility index (Phi) is 4.37. The number of rotatable bonds is 5. The minimum absolute atomic E-state index is 1.04. The van der Waals surface area contributed by atoms with E-state index in [4.69, 9.17) is 0 Å². The van der Waals surface area contributed by atoms with Crippen LogP contribution in [-0.2, 0) is 6.42 Å². The van der Waals surface area contributed by atoms with Gasteiger partial charge in [0.05, 0.1) is 0 Å². The van der Waals surface area contributed by atoms with E-state index in [1.165, 1.54) is 29.5 Å². The molecule has 0 saturated carbocycles. The predicted molar refractivity (Wildman–Crippen MR) is 74.8 cm³/mol. The summed E-state index contributed by atoms with van der Waals surface area (Å²) in [5.41, 5.74) is 4.14. The van der Waals surface area contributed by atoms with Gasteiger partial charge in [0, 0.05) is 0 Å². The normalized spacial score (nSPS) is 10.4. The molecule has 0 heterocycles. The predicted octanol–water partition coefficient (Wildman–Crippen LogP) is 4.90. The highest BCUT2D eigenvalue weighted by molar-refractivity contribution is 5.67. The average molecular weight is 223 g/mol. The highest BCUT2D eigenvalue weighted by Gasteiger charge is 2.03. The van der Waals surface area contributed by atoms with E-state index >= 15 is 0 Å². The van der Waals surface area contributed by atoms with Gasteiger partial charge in [0.1, 0.15) is 0 Å². The van der Waals surface area contributed by atoms with E-state index in [0.29, 0.717) is 0 Å². The van der Waals surface area contributed by atoms with Crippen LogP contribution >= 0.6 is 0 Å². The molecule has 0 saturated heterocycles. The molecule has 0 bridgehead atoms. The molecule has 2 rings (SSSR count). The first-order valence-corrected chi connectivity index (χ1v) is 6.34. The number of aryl methyl sites for hydroxylation is 1. The molecule has 0 heteroatoms. The molecular formula is C17H19. The van der Waals surface area contributed by atoms with Crippen molar-refractivity contribution in [1.82, 2.24) is 0 Å². The van der Waals surface area contributed by atoms with Crippen molar-refractivity contribution in [2.75, 3.05) is 0 Å². The van der Waals surface area contributed by atoms with E-state index in [-0.39, 0.29) is 0 Å². The lowest BCUT2D eigenvalue weighted by Gasteiger charge is -2.09. The third-order valence-corrected chi connectivity index (χ3v) is 3.05. The van der Waals surface area contributed by atoms with Crippen molar-refractivity contribution in [3.05, 3.63) is 67.1 Å². The van der Waals surface area contributed by atoms with E-state index in [1.54, 1.807) is 0 Å². The molecule has 2 aromatic rings. The lowest BCUT2D eigenvalue weighted by Crippen LogP contribution is -1.90. The van der Waals surface area contributed by atoms with Gasteiger partial charge in [0.25, 0.3) is 0 Å². The lowest BCUT2D eigenvalue weighted by molar-refractivity contribution is 0.747. The molecule has 0 nitrogen and oxygen atoms in total. The Balaban J connectivity index is 2.22. The summed E-state index contributed by atoms with van der Waals surface area (Å²) in [5, 5.41) is 0. The number of benzene rings is 2. The largest absolute Gasteiger partial charge is 0.0622 e. The van der Waals surface area contributed by atoms with Crippen LogP contribution < -0.4 is 0 Å². The Labute approximate surface area is 104 Å². The zero-order valence-electron chi connectivity index (χ0n) is 10.2. The molecule has 0 fully saturated rings. The van der Waals surface area contributed by atoms with Crippen LogP contribution in [0.15, 0.2) is 54.6 Å². The van der Waals surface area contributed by atoms with Crippen LogP contribution in [0.25, 0.3) is 11.1 Å². The van der Waals surface area contributed by atoms with Crippen LogP contribution in [0.2, 0.25) is 0 Å². The third-order valence-electron chi connectivity index (χ3n) is 3.05. The fraction of sp³-hybridized carbons (Fsp3) is 0.235. The van der Waals surface area contributed by atoms with Gasteiger partial charge in [-0.15, -0.1) is 0 Å². The first kappa shape index (κ1) is 11.9. The van der Waals surface area contributed by atoms with E-state index in [9.17, 15) is 0 Å². The van der Waals surface area contributed by atoms with Gasteiger partial charge >= 0.3 is 0 Å². The summed E-state index contributed by atoms with van der Waals surface area (Å²) in [5.74, 6) is 0. The van der Waals surface area contributed by atoms with E-state index in [1.807, 2.05) is 0 Å². The standard InChI is InChI=1S/C17H19/c1-2-3-5-10-15-13-8-9-14-17(15)16-11-6-4-7-12-16/h4,6-9,11-14H,1-3,5,10H2. The molecule has 1 radical (unpaired) electrons. The Morgan fingerprint density at radius 2 is 1.47 bits per heavy atom. The maximum Gasteiger partial charge on any atom is -0.0152 e. The van der Waals surface area contributed by atoms with Gasteiger partial charge < -0.3 is 0 Å². The first-order chi connectivity index (χ1) is 8.42. The second-order valence-corrected chi connectivity index (χ2v) is 4.33. The smallest absolute Gasteiger partial charge is 0.0152 e. The molecule has 17 heavy (non-hydrogen) atoms. The van der Waals surface area contributed by atoms with Crippen LogP contribution in [0.5, 0.6) is 0 Å². The summed E-state index contributed by atoms with van der Waals surface area (Å²) >= 11 is 0. The lowest BCUT2D eigenvalue weighted by atomic mass is 9.96. The van der Waals surface area contributed by atoms with Crippen LogP contribution in [0.3, 0.4) is 0 Å². The minimum atomic E-state index is 1.04. The maximum atomic E-state index is 3.90. The van der Waals surface area contributed by atoms with Crippen molar-refractivity contribution in [2.24, 2.45) is 0 Å². The van der Waals surface area contributed by atoms with Gasteiger partial charge in [-0.05, 0) is 29.5 Å². The molecule has 0 spiro atoms. The first-order valence-electron chi connectivity index (χ1n) is 6.34. The average Bonchev–Trinajstić information content (AvgIpc) is 2.41. The molecule has 2 aromatic carbocycles. The van der Waals surface area contributed by atoms with Crippen molar-refractivity contribution in [3.8, 4) is 11.1 Å². The molecule has 0 aromatic heterocycles. The minimum Gasteiger partial charge on any atom is -0.0622 e. The Morgan fingerprint density at radius 1 is 0.765 bits per heavy atom. The van der Waals surface area contributed by atoms with Gasteiger partial charge in [0.2, 0.25) is 0 Å². The summed E-state index contributed by atoms with van der Waals surface area (Å²) in [4.78, 5) is 0. The number of unbranched alkanes of at least 4 members (excludes halogenated alkanes) is 2. The van der Waals surface area contributed by atoms with E-state index < -0.39 is 0 Å². The summed E-state index contributed by atoms with van der Waals surface area (Å²) in [7, 11) is 0. The Bertz CT molecular complexity index is 443. The molecule has 0 aliphatic carbocycles. The van der Waals surface area contributed by atoms with E-state index in [0.717, 1.165) is 12.8 Å². The molecule has 0 amide bonds. The molecule has 0 aliphatic heterocycles. The molecular weight excluding hydrogens is 204 g/mol. The second kappa shape index (κ2) is 6.24. The zero-order valence-corrected chi connectivity index (χ0v) is 10.2. The zero-order chi connectivity index (χ0) is 11.9. The second-order valence-electron chi connectivity index (χ2n) is 4.33. The monoisotopic (exact) mass is 223 g/mol. The Hall–Kier alpha value is -1.56. The van der Waals surface area contributed by atoms with Crippen LogP contribution in [-0.4, -0.2) is 0 Å². The van der Waals surface area contributed by atoms with Crippen LogP contribution in [0.1, 0.15) is 24.8 Å². The Morgan fingerprint density at radius 3 is 2.24 bits per heavy atom. The molecule has 0 N–H and O–H groups in total. The third kappa shape index (κ3) is 3.20. The molecule has 0 aliphatic rings. The van der Waals surface area contributed by atoms with Crippen molar-refractivity contribution in [3.63, 3.8) is 0 Å². The fourth-order valence-corrected chi connectivity index (χ4v) is 2.13. The van der Waals surface area contributed by atoms with E-state index in [2.05, 4.69) is 61.5 Å².